The van der Waals surface area contributed by atoms with Gasteiger partial charge in [-0.2, -0.15) is 0 Å². The predicted molar refractivity (Wildman–Crippen MR) is 104 cm³/mol. The Morgan fingerprint density at radius 1 is 1.20 bits per heavy atom. The van der Waals surface area contributed by atoms with Crippen LogP contribution in [0.5, 0.6) is 0 Å². The Labute approximate surface area is 153 Å². The maximum absolute atomic E-state index is 11.2. The Hall–Kier alpha value is -1.30. The number of carbonyl (C=O) groups is 1. The van der Waals surface area contributed by atoms with Crippen LogP contribution in [-0.4, -0.2) is 68.0 Å². The van der Waals surface area contributed by atoms with E-state index in [1.54, 1.807) is 0 Å². The van der Waals surface area contributed by atoms with Gasteiger partial charge in [0.15, 0.2) is 5.96 Å². The first-order valence-corrected chi connectivity index (χ1v) is 10.0. The zero-order valence-electron chi connectivity index (χ0n) is 16.2. The first-order chi connectivity index (χ1) is 12.1. The molecule has 0 spiro atoms. The molecule has 0 aromatic rings. The number of hydrogen-bond acceptors (Lipinski definition) is 3. The van der Waals surface area contributed by atoms with Gasteiger partial charge in [-0.3, -0.25) is 9.79 Å². The molecule has 1 unspecified atom stereocenters. The van der Waals surface area contributed by atoms with Crippen molar-refractivity contribution in [2.45, 2.75) is 51.9 Å². The third-order valence-electron chi connectivity index (χ3n) is 5.58. The summed E-state index contributed by atoms with van der Waals surface area (Å²) in [7, 11) is 1.84. The van der Waals surface area contributed by atoms with Crippen molar-refractivity contribution in [3.05, 3.63) is 0 Å². The second-order valence-electron chi connectivity index (χ2n) is 7.83. The van der Waals surface area contributed by atoms with E-state index >= 15 is 0 Å². The highest BCUT2D eigenvalue weighted by Gasteiger charge is 2.23. The summed E-state index contributed by atoms with van der Waals surface area (Å²) >= 11 is 0. The SMILES string of the molecule is CN=C(NCCCCN1CCC(C)CC1)N1CCCC(CC(N)=O)C1. The first-order valence-electron chi connectivity index (χ1n) is 10.0. The third-order valence-corrected chi connectivity index (χ3v) is 5.58. The molecule has 0 saturated carbocycles. The fourth-order valence-corrected chi connectivity index (χ4v) is 3.99. The molecule has 2 heterocycles. The summed E-state index contributed by atoms with van der Waals surface area (Å²) in [5.74, 6) is 2.05. The van der Waals surface area contributed by atoms with Crippen LogP contribution >= 0.6 is 0 Å². The summed E-state index contributed by atoms with van der Waals surface area (Å²) in [4.78, 5) is 20.5. The first kappa shape index (κ1) is 20.0. The fraction of sp³-hybridized carbons (Fsp3) is 0.895. The van der Waals surface area contributed by atoms with Crippen molar-refractivity contribution in [2.24, 2.45) is 22.6 Å². The zero-order valence-corrected chi connectivity index (χ0v) is 16.2. The van der Waals surface area contributed by atoms with Gasteiger partial charge < -0.3 is 20.9 Å². The molecule has 2 fully saturated rings. The molecule has 0 radical (unpaired) electrons. The number of primary amides is 1. The second kappa shape index (κ2) is 10.6. The van der Waals surface area contributed by atoms with Crippen LogP contribution in [0.3, 0.4) is 0 Å². The van der Waals surface area contributed by atoms with E-state index in [1.165, 1.54) is 45.3 Å². The molecule has 0 bridgehead atoms. The summed E-state index contributed by atoms with van der Waals surface area (Å²) in [6.45, 7) is 8.98. The van der Waals surface area contributed by atoms with Gasteiger partial charge in [0.2, 0.25) is 5.91 Å². The molecule has 2 rings (SSSR count). The fourth-order valence-electron chi connectivity index (χ4n) is 3.99. The lowest BCUT2D eigenvalue weighted by molar-refractivity contribution is -0.119. The van der Waals surface area contributed by atoms with E-state index in [0.717, 1.165) is 44.4 Å². The van der Waals surface area contributed by atoms with Gasteiger partial charge in [-0.25, -0.2) is 0 Å². The number of carbonyl (C=O) groups excluding carboxylic acids is 1. The van der Waals surface area contributed by atoms with E-state index in [9.17, 15) is 4.79 Å². The van der Waals surface area contributed by atoms with Crippen molar-refractivity contribution in [3.8, 4) is 0 Å². The zero-order chi connectivity index (χ0) is 18.1. The summed E-state index contributed by atoms with van der Waals surface area (Å²) < 4.78 is 0. The monoisotopic (exact) mass is 351 g/mol. The quantitative estimate of drug-likeness (QED) is 0.416. The van der Waals surface area contributed by atoms with E-state index in [2.05, 4.69) is 27.0 Å². The van der Waals surface area contributed by atoms with Gasteiger partial charge in [-0.15, -0.1) is 0 Å². The Morgan fingerprint density at radius 2 is 1.96 bits per heavy atom. The molecule has 3 N–H and O–H groups in total. The van der Waals surface area contributed by atoms with Crippen LogP contribution in [0.25, 0.3) is 0 Å². The van der Waals surface area contributed by atoms with Crippen molar-refractivity contribution >= 4 is 11.9 Å². The molecular formula is C19H37N5O. The molecular weight excluding hydrogens is 314 g/mol. The molecule has 25 heavy (non-hydrogen) atoms. The normalized spacial score (nSPS) is 23.7. The van der Waals surface area contributed by atoms with Gasteiger partial charge in [0.25, 0.3) is 0 Å². The predicted octanol–water partition coefficient (Wildman–Crippen LogP) is 1.66. The lowest BCUT2D eigenvalue weighted by Gasteiger charge is -2.34. The molecule has 2 aliphatic heterocycles. The number of nitrogens with two attached hydrogens (primary N) is 1. The summed E-state index contributed by atoms with van der Waals surface area (Å²) in [5.41, 5.74) is 5.35. The van der Waals surface area contributed by atoms with Crippen LogP contribution < -0.4 is 11.1 Å². The van der Waals surface area contributed by atoms with Gasteiger partial charge in [0.1, 0.15) is 0 Å². The van der Waals surface area contributed by atoms with Gasteiger partial charge in [-0.1, -0.05) is 6.92 Å². The number of unbranched alkanes of at least 4 members (excludes halogenated alkanes) is 1. The lowest BCUT2D eigenvalue weighted by atomic mass is 9.95. The van der Waals surface area contributed by atoms with Crippen molar-refractivity contribution in [2.75, 3.05) is 46.3 Å². The van der Waals surface area contributed by atoms with E-state index in [1.807, 2.05) is 7.05 Å². The highest BCUT2D eigenvalue weighted by molar-refractivity contribution is 5.80. The van der Waals surface area contributed by atoms with E-state index in [0.29, 0.717) is 12.3 Å². The number of rotatable bonds is 7. The molecule has 2 aliphatic rings. The average molecular weight is 352 g/mol. The van der Waals surface area contributed by atoms with Crippen LogP contribution in [0.2, 0.25) is 0 Å². The molecule has 0 aromatic carbocycles. The van der Waals surface area contributed by atoms with Crippen molar-refractivity contribution in [1.82, 2.24) is 15.1 Å². The summed E-state index contributed by atoms with van der Waals surface area (Å²) in [6.07, 6.45) is 7.80. The summed E-state index contributed by atoms with van der Waals surface area (Å²) in [5, 5.41) is 3.50. The van der Waals surface area contributed by atoms with Crippen LogP contribution in [0, 0.1) is 11.8 Å². The van der Waals surface area contributed by atoms with E-state index in [-0.39, 0.29) is 5.91 Å². The molecule has 0 aromatic heterocycles. The van der Waals surface area contributed by atoms with Gasteiger partial charge >= 0.3 is 0 Å². The molecule has 144 valence electrons. The van der Waals surface area contributed by atoms with Crippen molar-refractivity contribution < 1.29 is 4.79 Å². The standard InChI is InChI=1S/C19H37N5O/c1-16-7-12-23(13-8-16)10-4-3-9-22-19(21-2)24-11-5-6-17(15-24)14-18(20)25/h16-17H,3-15H2,1-2H3,(H2,20,25)(H,21,22). The minimum atomic E-state index is -0.193. The minimum absolute atomic E-state index is 0.193. The van der Waals surface area contributed by atoms with Crippen LogP contribution in [0.1, 0.15) is 51.9 Å². The number of guanidine groups is 1. The van der Waals surface area contributed by atoms with Gasteiger partial charge in [0.05, 0.1) is 0 Å². The molecule has 1 atom stereocenters. The van der Waals surface area contributed by atoms with Crippen molar-refractivity contribution in [1.29, 1.82) is 0 Å². The van der Waals surface area contributed by atoms with Crippen LogP contribution in [0.15, 0.2) is 4.99 Å². The Kier molecular flexibility index (Phi) is 8.52. The highest BCUT2D eigenvalue weighted by atomic mass is 16.1. The lowest BCUT2D eigenvalue weighted by Crippen LogP contribution is -2.47. The van der Waals surface area contributed by atoms with Gasteiger partial charge in [-0.05, 0) is 70.0 Å². The molecule has 0 aliphatic carbocycles. The average Bonchev–Trinajstić information content (AvgIpc) is 2.59. The number of aliphatic imine (C=N–C) groups is 1. The number of likely N-dealkylation sites (tertiary alicyclic amines) is 2. The third kappa shape index (κ3) is 7.22. The molecule has 6 nitrogen and oxygen atoms in total. The number of nitrogens with zero attached hydrogens (tertiary/aromatic N) is 3. The maximum atomic E-state index is 11.2. The second-order valence-corrected chi connectivity index (χ2v) is 7.83. The maximum Gasteiger partial charge on any atom is 0.217 e. The van der Waals surface area contributed by atoms with E-state index < -0.39 is 0 Å². The van der Waals surface area contributed by atoms with Gasteiger partial charge in [0, 0.05) is 33.1 Å². The number of piperidine rings is 2. The van der Waals surface area contributed by atoms with Crippen LogP contribution in [0.4, 0.5) is 0 Å². The highest BCUT2D eigenvalue weighted by Crippen LogP contribution is 2.19. The molecule has 6 heteroatoms. The Morgan fingerprint density at radius 3 is 2.64 bits per heavy atom. The van der Waals surface area contributed by atoms with Crippen LogP contribution in [-0.2, 0) is 4.79 Å². The minimum Gasteiger partial charge on any atom is -0.370 e. The summed E-state index contributed by atoms with van der Waals surface area (Å²) in [6, 6.07) is 0. The number of hydrogen-bond donors (Lipinski definition) is 2. The van der Waals surface area contributed by atoms with Crippen molar-refractivity contribution in [3.63, 3.8) is 0 Å². The smallest absolute Gasteiger partial charge is 0.217 e. The Balaban J connectivity index is 1.62. The largest absolute Gasteiger partial charge is 0.370 e. The van der Waals surface area contributed by atoms with E-state index in [4.69, 9.17) is 5.73 Å². The number of amides is 1. The molecule has 2 saturated heterocycles. The molecule has 1 amide bonds. The number of nitrogens with one attached hydrogen (secondary N) is 1. The Bertz CT molecular complexity index is 432. The topological polar surface area (TPSA) is 74.0 Å².